The number of thioether (sulfide) groups is 1. The first-order valence-electron chi connectivity index (χ1n) is 8.68. The Morgan fingerprint density at radius 2 is 2.04 bits per heavy atom. The van der Waals surface area contributed by atoms with Crippen LogP contribution in [-0.2, 0) is 16.1 Å². The van der Waals surface area contributed by atoms with E-state index in [2.05, 4.69) is 11.4 Å². The van der Waals surface area contributed by atoms with Gasteiger partial charge in [0.15, 0.2) is 0 Å². The van der Waals surface area contributed by atoms with Crippen LogP contribution in [0.2, 0.25) is 0 Å². The van der Waals surface area contributed by atoms with Crippen LogP contribution in [0.25, 0.3) is 0 Å². The summed E-state index contributed by atoms with van der Waals surface area (Å²) < 4.78 is 0. The first-order valence-corrected chi connectivity index (χ1v) is 9.83. The first kappa shape index (κ1) is 24.5. The molecule has 1 aromatic rings. The molecule has 2 aliphatic rings. The van der Waals surface area contributed by atoms with Crippen LogP contribution in [0.1, 0.15) is 17.5 Å². The van der Waals surface area contributed by atoms with Gasteiger partial charge in [0.25, 0.3) is 0 Å². The van der Waals surface area contributed by atoms with Gasteiger partial charge >= 0.3 is 0 Å². The molecule has 2 aliphatic heterocycles. The summed E-state index contributed by atoms with van der Waals surface area (Å²) in [5.74, 6) is 1.52. The van der Waals surface area contributed by atoms with Crippen molar-refractivity contribution in [2.45, 2.75) is 25.0 Å². The van der Waals surface area contributed by atoms with Crippen molar-refractivity contribution in [3.05, 3.63) is 35.4 Å². The number of amides is 2. The molecule has 2 atom stereocenters. The molecule has 0 unspecified atom stereocenters. The number of hydrogen-bond acceptors (Lipinski definition) is 6. The molecule has 3 N–H and O–H groups in total. The molecule has 2 fully saturated rings. The van der Waals surface area contributed by atoms with E-state index in [-0.39, 0.29) is 55.3 Å². The molecule has 0 spiro atoms. The van der Waals surface area contributed by atoms with E-state index < -0.39 is 0 Å². The lowest BCUT2D eigenvalue weighted by molar-refractivity contribution is -0.131. The van der Waals surface area contributed by atoms with Crippen molar-refractivity contribution in [3.8, 4) is 6.07 Å². The highest BCUT2D eigenvalue weighted by Gasteiger charge is 2.36. The molecular weight excluding hydrogens is 421 g/mol. The van der Waals surface area contributed by atoms with Gasteiger partial charge in [-0.2, -0.15) is 5.26 Å². The average molecular weight is 446 g/mol. The summed E-state index contributed by atoms with van der Waals surface area (Å²) in [6, 6.07) is 9.28. The fourth-order valence-corrected chi connectivity index (χ4v) is 4.38. The number of nitrogens with zero attached hydrogens (tertiary/aromatic N) is 3. The van der Waals surface area contributed by atoms with Crippen molar-refractivity contribution in [1.82, 2.24) is 15.1 Å². The van der Waals surface area contributed by atoms with Crippen LogP contribution in [-0.4, -0.2) is 65.0 Å². The Kier molecular flexibility index (Phi) is 10.1. The molecule has 2 heterocycles. The van der Waals surface area contributed by atoms with Crippen LogP contribution in [0.3, 0.4) is 0 Å². The van der Waals surface area contributed by atoms with Gasteiger partial charge in [-0.3, -0.25) is 14.5 Å². The molecule has 3 rings (SSSR count). The van der Waals surface area contributed by atoms with Crippen molar-refractivity contribution in [3.63, 3.8) is 0 Å². The molecule has 0 aromatic heterocycles. The molecule has 0 bridgehead atoms. The number of nitrogens with two attached hydrogens (primary N) is 1. The van der Waals surface area contributed by atoms with E-state index in [1.54, 1.807) is 23.9 Å². The summed E-state index contributed by atoms with van der Waals surface area (Å²) in [5, 5.41) is 12.2. The number of nitrogens with one attached hydrogen (secondary N) is 1. The Balaban J connectivity index is 0.00000196. The number of primary amides is 1. The summed E-state index contributed by atoms with van der Waals surface area (Å²) in [6.07, 6.45) is 0.670. The predicted molar refractivity (Wildman–Crippen MR) is 114 cm³/mol. The van der Waals surface area contributed by atoms with Gasteiger partial charge in [-0.05, 0) is 24.1 Å². The maximum absolute atomic E-state index is 12.6. The summed E-state index contributed by atoms with van der Waals surface area (Å²) in [6.45, 7) is 2.16. The van der Waals surface area contributed by atoms with Crippen LogP contribution < -0.4 is 11.1 Å². The molecule has 10 heteroatoms. The second-order valence-corrected chi connectivity index (χ2v) is 7.74. The zero-order chi connectivity index (χ0) is 18.5. The first-order chi connectivity index (χ1) is 12.6. The van der Waals surface area contributed by atoms with Gasteiger partial charge in [0.2, 0.25) is 11.8 Å². The quantitative estimate of drug-likeness (QED) is 0.675. The smallest absolute Gasteiger partial charge is 0.240 e. The molecule has 1 aromatic carbocycles. The monoisotopic (exact) mass is 445 g/mol. The lowest BCUT2D eigenvalue weighted by Crippen LogP contribution is -2.42. The highest BCUT2D eigenvalue weighted by atomic mass is 35.5. The molecule has 2 saturated heterocycles. The van der Waals surface area contributed by atoms with Crippen molar-refractivity contribution in [2.75, 3.05) is 31.3 Å². The van der Waals surface area contributed by atoms with E-state index in [4.69, 9.17) is 11.0 Å². The van der Waals surface area contributed by atoms with Crippen molar-refractivity contribution in [2.24, 2.45) is 5.73 Å². The number of hydrogen-bond donors (Lipinski definition) is 2. The van der Waals surface area contributed by atoms with E-state index >= 15 is 0 Å². The minimum Gasteiger partial charge on any atom is -0.369 e. The largest absolute Gasteiger partial charge is 0.369 e. The Morgan fingerprint density at radius 3 is 2.61 bits per heavy atom. The third-order valence-corrected chi connectivity index (χ3v) is 5.78. The Morgan fingerprint density at radius 1 is 1.32 bits per heavy atom. The van der Waals surface area contributed by atoms with E-state index in [1.807, 2.05) is 21.9 Å². The third-order valence-electron chi connectivity index (χ3n) is 4.81. The maximum Gasteiger partial charge on any atom is 0.240 e. The molecule has 154 valence electrons. The molecule has 2 amide bonds. The molecule has 0 saturated carbocycles. The Hall–Kier alpha value is -1.50. The molecule has 0 radical (unpaired) electrons. The topological polar surface area (TPSA) is 102 Å². The number of carbonyl (C=O) groups is 2. The fourth-order valence-electron chi connectivity index (χ4n) is 3.43. The summed E-state index contributed by atoms with van der Waals surface area (Å²) in [4.78, 5) is 28.0. The SMILES string of the molecule is Cl.Cl.N#Cc1ccc(CN(CC(N)=O)[C@@H]2CN[C@H](C(=O)N3CCSC3)C2)cc1. The standard InChI is InChI=1S/C18H23N5O2S.2ClH/c19-8-13-1-3-14(4-2-13)10-23(11-17(20)24)15-7-16(21-9-15)18(25)22-5-6-26-12-22;;/h1-4,15-16,21H,5-7,9-12H2,(H2,20,24);2*1H/t15-,16-;;/m0../s1. The second kappa shape index (κ2) is 11.5. The average Bonchev–Trinajstić information content (AvgIpc) is 3.33. The third kappa shape index (κ3) is 6.26. The number of nitriles is 1. The highest BCUT2D eigenvalue weighted by Crippen LogP contribution is 2.21. The fraction of sp³-hybridized carbons (Fsp3) is 0.500. The minimum atomic E-state index is -0.385. The molecular formula is C18H25Cl2N5O2S. The van der Waals surface area contributed by atoms with Gasteiger partial charge in [-0.15, -0.1) is 36.6 Å². The maximum atomic E-state index is 12.6. The van der Waals surface area contributed by atoms with Gasteiger partial charge in [0.05, 0.1) is 30.1 Å². The second-order valence-electron chi connectivity index (χ2n) is 6.67. The lowest BCUT2D eigenvalue weighted by atomic mass is 10.1. The van der Waals surface area contributed by atoms with Crippen LogP contribution in [0.15, 0.2) is 24.3 Å². The van der Waals surface area contributed by atoms with E-state index in [9.17, 15) is 9.59 Å². The highest BCUT2D eigenvalue weighted by molar-refractivity contribution is 7.99. The zero-order valence-electron chi connectivity index (χ0n) is 15.4. The molecule has 0 aliphatic carbocycles. The summed E-state index contributed by atoms with van der Waals surface area (Å²) in [5.41, 5.74) is 7.05. The van der Waals surface area contributed by atoms with Crippen LogP contribution in [0.4, 0.5) is 0 Å². The normalized spacial score (nSPS) is 20.9. The van der Waals surface area contributed by atoms with Crippen LogP contribution in [0, 0.1) is 11.3 Å². The van der Waals surface area contributed by atoms with Gasteiger partial charge < -0.3 is 16.0 Å². The Bertz CT molecular complexity index is 707. The molecule has 7 nitrogen and oxygen atoms in total. The van der Waals surface area contributed by atoms with Crippen LogP contribution in [0.5, 0.6) is 0 Å². The Labute approximate surface area is 181 Å². The number of rotatable bonds is 6. The molecule has 28 heavy (non-hydrogen) atoms. The van der Waals surface area contributed by atoms with Crippen molar-refractivity contribution in [1.29, 1.82) is 5.26 Å². The van der Waals surface area contributed by atoms with Crippen molar-refractivity contribution >= 4 is 48.4 Å². The summed E-state index contributed by atoms with van der Waals surface area (Å²) >= 11 is 1.77. The summed E-state index contributed by atoms with van der Waals surface area (Å²) in [7, 11) is 0. The van der Waals surface area contributed by atoms with E-state index in [1.165, 1.54) is 0 Å². The van der Waals surface area contributed by atoms with E-state index in [0.29, 0.717) is 25.1 Å². The van der Waals surface area contributed by atoms with Gasteiger partial charge in [0, 0.05) is 31.4 Å². The number of benzene rings is 1. The lowest BCUT2D eigenvalue weighted by Gasteiger charge is -2.27. The number of halogens is 2. The van der Waals surface area contributed by atoms with E-state index in [0.717, 1.165) is 23.7 Å². The predicted octanol–water partition coefficient (Wildman–Crippen LogP) is 0.953. The van der Waals surface area contributed by atoms with Gasteiger partial charge in [-0.25, -0.2) is 0 Å². The van der Waals surface area contributed by atoms with Crippen molar-refractivity contribution < 1.29 is 9.59 Å². The minimum absolute atomic E-state index is 0. The van der Waals surface area contributed by atoms with Gasteiger partial charge in [0.1, 0.15) is 0 Å². The van der Waals surface area contributed by atoms with Gasteiger partial charge in [-0.1, -0.05) is 12.1 Å². The van der Waals surface area contributed by atoms with Crippen LogP contribution >= 0.6 is 36.6 Å². The number of carbonyl (C=O) groups excluding carboxylic acids is 2. The zero-order valence-corrected chi connectivity index (χ0v) is 17.8.